The number of carbonyl (C=O) groups is 1. The van der Waals surface area contributed by atoms with E-state index in [0.29, 0.717) is 17.9 Å². The van der Waals surface area contributed by atoms with Crippen molar-refractivity contribution in [1.29, 1.82) is 0 Å². The van der Waals surface area contributed by atoms with Crippen molar-refractivity contribution in [2.45, 2.75) is 19.6 Å². The number of carbonyl (C=O) groups excluding carboxylic acids is 1. The molecule has 0 radical (unpaired) electrons. The van der Waals surface area contributed by atoms with Crippen molar-refractivity contribution < 1.29 is 9.53 Å². The van der Waals surface area contributed by atoms with Gasteiger partial charge in [0.2, 0.25) is 0 Å². The fraction of sp³-hybridized carbons (Fsp3) is 0.136. The first-order valence-corrected chi connectivity index (χ1v) is 10.1. The van der Waals surface area contributed by atoms with E-state index in [0.717, 1.165) is 16.9 Å². The molecule has 1 amide bonds. The number of imidazole rings is 1. The van der Waals surface area contributed by atoms with E-state index in [-0.39, 0.29) is 11.9 Å². The van der Waals surface area contributed by atoms with Gasteiger partial charge < -0.3 is 14.6 Å². The Morgan fingerprint density at radius 2 is 1.97 bits per heavy atom. The normalized spacial score (nSPS) is 11.8. The summed E-state index contributed by atoms with van der Waals surface area (Å²) in [6, 6.07) is 15.0. The van der Waals surface area contributed by atoms with Gasteiger partial charge in [0, 0.05) is 29.0 Å². The fourth-order valence-electron chi connectivity index (χ4n) is 2.88. The summed E-state index contributed by atoms with van der Waals surface area (Å²) in [5.41, 5.74) is 5.32. The average Bonchev–Trinajstić information content (AvgIpc) is 3.47. The standard InChI is InChI=1S/C22H20N4O2S/c1-16(17-2-6-20(7-3-17)26-11-10-23-14-26)25-22(27)18-4-8-21(9-5-18)28-12-19-13-29-15-24-19/h2-11,13-16H,12H2,1H3,(H,25,27)/t16-/m0/s1. The topological polar surface area (TPSA) is 69.0 Å². The lowest BCUT2D eigenvalue weighted by Crippen LogP contribution is -2.26. The molecule has 2 aromatic carbocycles. The van der Waals surface area contributed by atoms with Crippen LogP contribution in [0.1, 0.15) is 34.6 Å². The molecular formula is C22H20N4O2S. The van der Waals surface area contributed by atoms with Crippen LogP contribution in [0.15, 0.2) is 78.1 Å². The largest absolute Gasteiger partial charge is 0.487 e. The van der Waals surface area contributed by atoms with Gasteiger partial charge >= 0.3 is 0 Å². The summed E-state index contributed by atoms with van der Waals surface area (Å²) in [6.07, 6.45) is 5.39. The Morgan fingerprint density at radius 3 is 2.62 bits per heavy atom. The van der Waals surface area contributed by atoms with Crippen LogP contribution >= 0.6 is 11.3 Å². The number of nitrogens with one attached hydrogen (secondary N) is 1. The van der Waals surface area contributed by atoms with Crippen molar-refractivity contribution in [3.8, 4) is 11.4 Å². The zero-order valence-corrected chi connectivity index (χ0v) is 16.7. The number of rotatable bonds is 7. The minimum atomic E-state index is -0.123. The molecule has 0 aliphatic rings. The van der Waals surface area contributed by atoms with E-state index < -0.39 is 0 Å². The van der Waals surface area contributed by atoms with Crippen LogP contribution in [0.2, 0.25) is 0 Å². The molecule has 2 heterocycles. The first-order valence-electron chi connectivity index (χ1n) is 9.18. The molecule has 4 aromatic rings. The molecule has 4 rings (SSSR count). The number of aromatic nitrogens is 3. The highest BCUT2D eigenvalue weighted by atomic mass is 32.1. The number of thiazole rings is 1. The molecule has 29 heavy (non-hydrogen) atoms. The van der Waals surface area contributed by atoms with Crippen molar-refractivity contribution in [1.82, 2.24) is 19.9 Å². The van der Waals surface area contributed by atoms with Crippen molar-refractivity contribution in [3.05, 3.63) is 95.0 Å². The summed E-state index contributed by atoms with van der Waals surface area (Å²) < 4.78 is 7.62. The zero-order chi connectivity index (χ0) is 20.1. The molecule has 0 bridgehead atoms. The number of amides is 1. The number of hydrogen-bond donors (Lipinski definition) is 1. The molecule has 0 saturated heterocycles. The van der Waals surface area contributed by atoms with Crippen LogP contribution in [0.25, 0.3) is 5.69 Å². The Labute approximate surface area is 172 Å². The first kappa shape index (κ1) is 18.9. The summed E-state index contributed by atoms with van der Waals surface area (Å²) >= 11 is 1.54. The van der Waals surface area contributed by atoms with Crippen molar-refractivity contribution in [3.63, 3.8) is 0 Å². The maximum Gasteiger partial charge on any atom is 0.251 e. The number of hydrogen-bond acceptors (Lipinski definition) is 5. The summed E-state index contributed by atoms with van der Waals surface area (Å²) in [5, 5.41) is 4.98. The highest BCUT2D eigenvalue weighted by Gasteiger charge is 2.12. The Bertz CT molecular complexity index is 1040. The van der Waals surface area contributed by atoms with Gasteiger partial charge in [-0.25, -0.2) is 9.97 Å². The van der Waals surface area contributed by atoms with Crippen LogP contribution < -0.4 is 10.1 Å². The van der Waals surface area contributed by atoms with Crippen LogP contribution in [-0.4, -0.2) is 20.4 Å². The molecule has 0 fully saturated rings. The molecule has 1 N–H and O–H groups in total. The Kier molecular flexibility index (Phi) is 5.67. The summed E-state index contributed by atoms with van der Waals surface area (Å²) in [5.74, 6) is 0.583. The van der Waals surface area contributed by atoms with Gasteiger partial charge in [-0.1, -0.05) is 12.1 Å². The molecule has 6 nitrogen and oxygen atoms in total. The van der Waals surface area contributed by atoms with E-state index in [1.807, 2.05) is 47.3 Å². The molecule has 0 saturated carbocycles. The lowest BCUT2D eigenvalue weighted by Gasteiger charge is -2.15. The Morgan fingerprint density at radius 1 is 1.17 bits per heavy atom. The van der Waals surface area contributed by atoms with Crippen molar-refractivity contribution in [2.75, 3.05) is 0 Å². The van der Waals surface area contributed by atoms with Gasteiger partial charge in [-0.3, -0.25) is 4.79 Å². The minimum Gasteiger partial charge on any atom is -0.487 e. The van der Waals surface area contributed by atoms with Gasteiger partial charge in [0.1, 0.15) is 12.4 Å². The molecule has 0 aliphatic heterocycles. The van der Waals surface area contributed by atoms with Gasteiger partial charge in [-0.05, 0) is 48.9 Å². The van der Waals surface area contributed by atoms with E-state index in [2.05, 4.69) is 15.3 Å². The third-order valence-electron chi connectivity index (χ3n) is 4.53. The molecule has 7 heteroatoms. The maximum atomic E-state index is 12.6. The predicted octanol–water partition coefficient (Wildman–Crippen LogP) is 4.40. The van der Waals surface area contributed by atoms with Crippen LogP contribution in [0.5, 0.6) is 5.75 Å². The maximum absolute atomic E-state index is 12.6. The van der Waals surface area contributed by atoms with Gasteiger partial charge in [0.25, 0.3) is 5.91 Å². The van der Waals surface area contributed by atoms with E-state index in [4.69, 9.17) is 4.74 Å². The van der Waals surface area contributed by atoms with E-state index in [9.17, 15) is 4.79 Å². The second-order valence-corrected chi connectivity index (χ2v) is 7.27. The highest BCUT2D eigenvalue weighted by Crippen LogP contribution is 2.18. The van der Waals surface area contributed by atoms with Crippen LogP contribution in [0.3, 0.4) is 0 Å². The van der Waals surface area contributed by atoms with Gasteiger partial charge in [-0.15, -0.1) is 11.3 Å². The predicted molar refractivity (Wildman–Crippen MR) is 112 cm³/mol. The smallest absolute Gasteiger partial charge is 0.251 e. The van der Waals surface area contributed by atoms with E-state index in [1.54, 1.807) is 42.3 Å². The zero-order valence-electron chi connectivity index (χ0n) is 15.9. The summed E-state index contributed by atoms with van der Waals surface area (Å²) in [6.45, 7) is 2.39. The third-order valence-corrected chi connectivity index (χ3v) is 5.17. The lowest BCUT2D eigenvalue weighted by molar-refractivity contribution is 0.0940. The van der Waals surface area contributed by atoms with E-state index in [1.165, 1.54) is 11.3 Å². The van der Waals surface area contributed by atoms with Crippen molar-refractivity contribution >= 4 is 17.2 Å². The molecule has 0 spiro atoms. The highest BCUT2D eigenvalue weighted by molar-refractivity contribution is 7.07. The molecule has 1 atom stereocenters. The van der Waals surface area contributed by atoms with Crippen LogP contribution in [-0.2, 0) is 6.61 Å². The summed E-state index contributed by atoms with van der Waals surface area (Å²) in [4.78, 5) is 20.8. The Balaban J connectivity index is 1.34. The Hall–Kier alpha value is -3.45. The van der Waals surface area contributed by atoms with Gasteiger partial charge in [0.15, 0.2) is 0 Å². The number of ether oxygens (including phenoxy) is 1. The third kappa shape index (κ3) is 4.70. The minimum absolute atomic E-state index is 0.111. The number of nitrogens with zero attached hydrogens (tertiary/aromatic N) is 3. The molecule has 0 unspecified atom stereocenters. The average molecular weight is 404 g/mol. The molecule has 2 aromatic heterocycles. The monoisotopic (exact) mass is 404 g/mol. The second-order valence-electron chi connectivity index (χ2n) is 6.55. The molecule has 0 aliphatic carbocycles. The molecule has 146 valence electrons. The second kappa shape index (κ2) is 8.70. The quantitative estimate of drug-likeness (QED) is 0.496. The fourth-order valence-corrected chi connectivity index (χ4v) is 3.42. The number of benzene rings is 2. The molecular weight excluding hydrogens is 384 g/mol. The van der Waals surface area contributed by atoms with Crippen LogP contribution in [0, 0.1) is 0 Å². The van der Waals surface area contributed by atoms with E-state index >= 15 is 0 Å². The lowest BCUT2D eigenvalue weighted by atomic mass is 10.1. The van der Waals surface area contributed by atoms with Gasteiger partial charge in [0.05, 0.1) is 23.6 Å². The SMILES string of the molecule is C[C@H](NC(=O)c1ccc(OCc2cscn2)cc1)c1ccc(-n2ccnc2)cc1. The first-order chi connectivity index (χ1) is 14.2. The summed E-state index contributed by atoms with van der Waals surface area (Å²) in [7, 11) is 0. The van der Waals surface area contributed by atoms with Gasteiger partial charge in [-0.2, -0.15) is 0 Å². The van der Waals surface area contributed by atoms with Crippen LogP contribution in [0.4, 0.5) is 0 Å². The van der Waals surface area contributed by atoms with Crippen molar-refractivity contribution in [2.24, 2.45) is 0 Å².